The zero-order chi connectivity index (χ0) is 38.7. The van der Waals surface area contributed by atoms with Crippen molar-refractivity contribution in [2.75, 3.05) is 20.3 Å². The lowest BCUT2D eigenvalue weighted by atomic mass is 9.84. The highest BCUT2D eigenvalue weighted by molar-refractivity contribution is 7.10. The van der Waals surface area contributed by atoms with Gasteiger partial charge in [0, 0.05) is 66.8 Å². The van der Waals surface area contributed by atoms with Crippen LogP contribution in [-0.4, -0.2) is 85.7 Å². The lowest BCUT2D eigenvalue weighted by Gasteiger charge is -2.34. The van der Waals surface area contributed by atoms with E-state index in [0.717, 1.165) is 39.0 Å². The molecule has 1 aliphatic heterocycles. The van der Waals surface area contributed by atoms with E-state index in [1.807, 2.05) is 24.4 Å². The van der Waals surface area contributed by atoms with Gasteiger partial charge in [-0.3, -0.25) is 19.6 Å². The third kappa shape index (κ3) is 9.23. The molecule has 2 amide bonds. The number of rotatable bonds is 13. The molecule has 0 radical (unpaired) electrons. The van der Waals surface area contributed by atoms with Crippen molar-refractivity contribution in [1.82, 2.24) is 30.3 Å². The van der Waals surface area contributed by atoms with E-state index in [1.54, 1.807) is 34.1 Å². The molecule has 5 rings (SSSR count). The second-order valence-corrected chi connectivity index (χ2v) is 16.2. The number of carbonyl (C=O) groups excluding carboxylic acids is 2. The number of aliphatic hydroxyl groups is 1. The standard InChI is InChI=1S/C39H52N6O7S/c1-9-44-31-15-14-24(18-26(31)27(20-39(6,7)22-46)34(44)25-12-10-16-40-33(25)23(2)51-8)30-21-53-32(41-30)19-29(42-37(50)52-38(3,4)5)35(47)45-17-11-13-28(43-45)36(48)49/h10,12,14-16,18,21,23,28-29,43,46H,9,11,13,17,19-20,22H2,1-8H3,(H,42,50)(H,48,49)/t23-,28?,29?/m0/s1. The number of hydrogen-bond donors (Lipinski definition) is 4. The molecular formula is C39H52N6O7S. The number of aryl methyl sites for hydroxylation is 1. The van der Waals surface area contributed by atoms with Gasteiger partial charge in [0.15, 0.2) is 0 Å². The first kappa shape index (κ1) is 39.8. The summed E-state index contributed by atoms with van der Waals surface area (Å²) >= 11 is 1.37. The summed E-state index contributed by atoms with van der Waals surface area (Å²) in [6.07, 6.45) is 2.37. The van der Waals surface area contributed by atoms with Crippen LogP contribution in [0, 0.1) is 5.41 Å². The number of hydrogen-bond acceptors (Lipinski definition) is 10. The molecule has 1 aromatic carbocycles. The van der Waals surface area contributed by atoms with Gasteiger partial charge in [-0.2, -0.15) is 0 Å². The summed E-state index contributed by atoms with van der Waals surface area (Å²) in [7, 11) is 1.67. The van der Waals surface area contributed by atoms with Crippen LogP contribution < -0.4 is 10.7 Å². The predicted octanol–water partition coefficient (Wildman–Crippen LogP) is 6.13. The number of thiazole rings is 1. The molecule has 14 heteroatoms. The molecule has 0 aliphatic carbocycles. The van der Waals surface area contributed by atoms with Gasteiger partial charge < -0.3 is 29.6 Å². The molecule has 13 nitrogen and oxygen atoms in total. The number of alkyl carbamates (subject to hydrolysis) is 1. The molecule has 286 valence electrons. The fourth-order valence-corrected chi connectivity index (χ4v) is 7.51. The summed E-state index contributed by atoms with van der Waals surface area (Å²) in [6.45, 7) is 14.4. The van der Waals surface area contributed by atoms with E-state index < -0.39 is 41.1 Å². The minimum Gasteiger partial charge on any atom is -0.480 e. The number of fused-ring (bicyclic) bond motifs is 1. The van der Waals surface area contributed by atoms with Crippen molar-refractivity contribution >= 4 is 40.2 Å². The Labute approximate surface area is 314 Å². The van der Waals surface area contributed by atoms with Gasteiger partial charge in [-0.05, 0) is 89.1 Å². The number of carbonyl (C=O) groups is 3. The Bertz CT molecular complexity index is 1950. The van der Waals surface area contributed by atoms with Crippen molar-refractivity contribution in [3.63, 3.8) is 0 Å². The highest BCUT2D eigenvalue weighted by Crippen LogP contribution is 2.41. The fraction of sp³-hybridized carbons (Fsp3) is 0.513. The zero-order valence-corrected chi connectivity index (χ0v) is 32.7. The molecule has 1 aliphatic rings. The SMILES string of the molecule is CCn1c(-c2cccnc2[C@H](C)OC)c(CC(C)(C)CO)c2cc(-c3csc(CC(NC(=O)OC(C)(C)C)C(=O)N4CCCC(C(=O)O)N4)n3)ccc21. The van der Waals surface area contributed by atoms with E-state index in [9.17, 15) is 24.6 Å². The van der Waals surface area contributed by atoms with Crippen molar-refractivity contribution in [2.45, 2.75) is 104 Å². The highest BCUT2D eigenvalue weighted by Gasteiger charge is 2.34. The van der Waals surface area contributed by atoms with Gasteiger partial charge in [0.05, 0.1) is 28.2 Å². The van der Waals surface area contributed by atoms with Gasteiger partial charge in [-0.1, -0.05) is 19.9 Å². The number of carboxylic acid groups (broad SMARTS) is 1. The maximum absolute atomic E-state index is 13.8. The Morgan fingerprint density at radius 2 is 1.92 bits per heavy atom. The van der Waals surface area contributed by atoms with Crippen LogP contribution in [0.25, 0.3) is 33.4 Å². The van der Waals surface area contributed by atoms with Crippen LogP contribution in [-0.2, 0) is 38.4 Å². The van der Waals surface area contributed by atoms with Gasteiger partial charge >= 0.3 is 12.1 Å². The number of hydrazine groups is 1. The van der Waals surface area contributed by atoms with Gasteiger partial charge in [0.25, 0.3) is 5.91 Å². The van der Waals surface area contributed by atoms with Crippen molar-refractivity contribution < 1.29 is 34.1 Å². The van der Waals surface area contributed by atoms with Gasteiger partial charge in [-0.25, -0.2) is 15.2 Å². The summed E-state index contributed by atoms with van der Waals surface area (Å²) in [6, 6.07) is 8.32. The minimum atomic E-state index is -1.05. The van der Waals surface area contributed by atoms with Crippen LogP contribution in [0.4, 0.5) is 4.79 Å². The first-order valence-corrected chi connectivity index (χ1v) is 18.9. The number of carboxylic acids is 1. The molecule has 0 bridgehead atoms. The number of nitrogens with zero attached hydrogens (tertiary/aromatic N) is 4. The van der Waals surface area contributed by atoms with E-state index in [-0.39, 0.29) is 19.1 Å². The quantitative estimate of drug-likeness (QED) is 0.125. The Hall–Kier alpha value is -4.37. The Morgan fingerprint density at radius 3 is 2.58 bits per heavy atom. The number of aromatic nitrogens is 3. The van der Waals surface area contributed by atoms with E-state index in [4.69, 9.17) is 19.4 Å². The van der Waals surface area contributed by atoms with Gasteiger partial charge in [0.2, 0.25) is 0 Å². The third-order valence-corrected chi connectivity index (χ3v) is 10.2. The molecule has 1 fully saturated rings. The molecule has 1 saturated heterocycles. The van der Waals surface area contributed by atoms with E-state index in [0.29, 0.717) is 43.1 Å². The number of benzene rings is 1. The lowest BCUT2D eigenvalue weighted by molar-refractivity contribution is -0.147. The van der Waals surface area contributed by atoms with Crippen LogP contribution in [0.3, 0.4) is 0 Å². The van der Waals surface area contributed by atoms with Crippen molar-refractivity contribution in [1.29, 1.82) is 0 Å². The summed E-state index contributed by atoms with van der Waals surface area (Å²) in [5, 5.41) is 27.5. The van der Waals surface area contributed by atoms with E-state index in [1.165, 1.54) is 16.3 Å². The van der Waals surface area contributed by atoms with Crippen LogP contribution in [0.15, 0.2) is 41.9 Å². The van der Waals surface area contributed by atoms with Gasteiger partial charge in [0.1, 0.15) is 17.7 Å². The second kappa shape index (κ2) is 16.3. The summed E-state index contributed by atoms with van der Waals surface area (Å²) < 4.78 is 13.5. The zero-order valence-electron chi connectivity index (χ0n) is 31.9. The molecule has 3 atom stereocenters. The topological polar surface area (TPSA) is 168 Å². The molecule has 4 heterocycles. The lowest BCUT2D eigenvalue weighted by Crippen LogP contribution is -2.60. The number of ether oxygens (including phenoxy) is 2. The molecule has 53 heavy (non-hydrogen) atoms. The molecule has 4 aromatic rings. The Kier molecular flexibility index (Phi) is 12.3. The smallest absolute Gasteiger partial charge is 0.408 e. The molecule has 2 unspecified atom stereocenters. The van der Waals surface area contributed by atoms with E-state index >= 15 is 0 Å². The first-order valence-electron chi connectivity index (χ1n) is 18.0. The Morgan fingerprint density at radius 1 is 1.17 bits per heavy atom. The molecule has 4 N–H and O–H groups in total. The number of methoxy groups -OCH3 is 1. The maximum Gasteiger partial charge on any atom is 0.408 e. The maximum atomic E-state index is 13.8. The van der Waals surface area contributed by atoms with Crippen LogP contribution >= 0.6 is 11.3 Å². The minimum absolute atomic E-state index is 0.00980. The number of amides is 2. The number of pyridine rings is 1. The highest BCUT2D eigenvalue weighted by atomic mass is 32.1. The Balaban J connectivity index is 1.54. The second-order valence-electron chi connectivity index (χ2n) is 15.3. The molecule has 0 spiro atoms. The van der Waals surface area contributed by atoms with Crippen LogP contribution in [0.5, 0.6) is 0 Å². The molecule has 3 aromatic heterocycles. The first-order chi connectivity index (χ1) is 25.1. The summed E-state index contributed by atoms with van der Waals surface area (Å²) in [4.78, 5) is 48.0. The number of aliphatic hydroxyl groups excluding tert-OH is 1. The largest absolute Gasteiger partial charge is 0.480 e. The van der Waals surface area contributed by atoms with Crippen molar-refractivity contribution in [3.05, 3.63) is 58.2 Å². The van der Waals surface area contributed by atoms with Crippen molar-refractivity contribution in [2.24, 2.45) is 5.41 Å². The average Bonchev–Trinajstić information content (AvgIpc) is 3.71. The number of aliphatic carboxylic acids is 1. The number of nitrogens with one attached hydrogen (secondary N) is 2. The van der Waals surface area contributed by atoms with E-state index in [2.05, 4.69) is 54.3 Å². The normalized spacial score (nSPS) is 16.4. The van der Waals surface area contributed by atoms with Crippen LogP contribution in [0.2, 0.25) is 0 Å². The molecule has 0 saturated carbocycles. The average molecular weight is 749 g/mol. The summed E-state index contributed by atoms with van der Waals surface area (Å²) in [5.74, 6) is -1.52. The molecular weight excluding hydrogens is 697 g/mol. The van der Waals surface area contributed by atoms with Gasteiger partial charge in [-0.15, -0.1) is 11.3 Å². The predicted molar refractivity (Wildman–Crippen MR) is 204 cm³/mol. The summed E-state index contributed by atoms with van der Waals surface area (Å²) in [5.41, 5.74) is 8.19. The van der Waals surface area contributed by atoms with Crippen molar-refractivity contribution in [3.8, 4) is 22.5 Å². The monoisotopic (exact) mass is 748 g/mol. The third-order valence-electron chi connectivity index (χ3n) is 9.37. The fourth-order valence-electron chi connectivity index (χ4n) is 6.66. The van der Waals surface area contributed by atoms with Crippen LogP contribution in [0.1, 0.15) is 83.7 Å².